The molecule has 0 saturated carbocycles. The minimum absolute atomic E-state index is 0.0419. The molecule has 1 aliphatic rings. The van der Waals surface area contributed by atoms with Gasteiger partial charge in [0, 0.05) is 43.1 Å². The molecule has 1 amide bonds. The summed E-state index contributed by atoms with van der Waals surface area (Å²) >= 11 is 7.51. The van der Waals surface area contributed by atoms with Crippen LogP contribution in [0.3, 0.4) is 0 Å². The minimum Gasteiger partial charge on any atom is -0.507 e. The van der Waals surface area contributed by atoms with Crippen molar-refractivity contribution in [3.05, 3.63) is 58.3 Å². The highest BCUT2D eigenvalue weighted by atomic mass is 35.5. The number of aromatic nitrogens is 1. The van der Waals surface area contributed by atoms with Crippen LogP contribution in [0.4, 0.5) is 0 Å². The fraction of sp³-hybridized carbons (Fsp3) is 0.263. The van der Waals surface area contributed by atoms with Crippen molar-refractivity contribution in [2.24, 2.45) is 0 Å². The first-order valence-corrected chi connectivity index (χ1v) is 9.84. The zero-order valence-electron chi connectivity index (χ0n) is 14.5. The molecule has 1 aromatic carbocycles. The molecule has 6 nitrogen and oxygen atoms in total. The molecule has 0 spiro atoms. The number of halogens is 1. The lowest BCUT2D eigenvalue weighted by atomic mass is 10.1. The van der Waals surface area contributed by atoms with E-state index in [9.17, 15) is 9.90 Å². The third kappa shape index (κ3) is 4.00. The van der Waals surface area contributed by atoms with Gasteiger partial charge in [0.05, 0.1) is 17.5 Å². The Kier molecular flexibility index (Phi) is 5.15. The van der Waals surface area contributed by atoms with Crippen molar-refractivity contribution in [3.63, 3.8) is 0 Å². The van der Waals surface area contributed by atoms with Gasteiger partial charge in [-0.05, 0) is 30.3 Å². The van der Waals surface area contributed by atoms with E-state index in [0.29, 0.717) is 18.1 Å². The van der Waals surface area contributed by atoms with E-state index in [1.54, 1.807) is 28.6 Å². The van der Waals surface area contributed by atoms with Crippen LogP contribution in [0.5, 0.6) is 5.75 Å². The Hall–Kier alpha value is -2.35. The first kappa shape index (κ1) is 18.0. The SMILES string of the molecule is O=C(c1cc(Cl)ccc1O)N1CCN(Cc2csc(-c3ccco3)n2)CC1. The molecule has 3 heterocycles. The molecule has 1 aliphatic heterocycles. The number of benzene rings is 1. The van der Waals surface area contributed by atoms with Crippen molar-refractivity contribution in [2.45, 2.75) is 6.54 Å². The molecule has 0 unspecified atom stereocenters. The summed E-state index contributed by atoms with van der Waals surface area (Å²) in [5, 5.41) is 13.3. The predicted octanol–water partition coefficient (Wildman–Crippen LogP) is 3.72. The van der Waals surface area contributed by atoms with Gasteiger partial charge in [-0.15, -0.1) is 11.3 Å². The van der Waals surface area contributed by atoms with E-state index in [2.05, 4.69) is 9.88 Å². The van der Waals surface area contributed by atoms with Gasteiger partial charge in [0.1, 0.15) is 5.75 Å². The van der Waals surface area contributed by atoms with E-state index in [0.717, 1.165) is 36.1 Å². The van der Waals surface area contributed by atoms with Crippen molar-refractivity contribution in [1.29, 1.82) is 0 Å². The molecule has 0 aliphatic carbocycles. The number of thiazole rings is 1. The zero-order valence-corrected chi connectivity index (χ0v) is 16.0. The normalized spacial score (nSPS) is 15.2. The van der Waals surface area contributed by atoms with E-state index in [1.807, 2.05) is 17.5 Å². The molecule has 0 radical (unpaired) electrons. The minimum atomic E-state index is -0.191. The Balaban J connectivity index is 1.35. The summed E-state index contributed by atoms with van der Waals surface area (Å²) in [6.07, 6.45) is 1.64. The predicted molar refractivity (Wildman–Crippen MR) is 104 cm³/mol. The van der Waals surface area contributed by atoms with Gasteiger partial charge in [-0.3, -0.25) is 9.69 Å². The molecule has 8 heteroatoms. The maximum Gasteiger partial charge on any atom is 0.257 e. The second-order valence-electron chi connectivity index (χ2n) is 6.35. The highest BCUT2D eigenvalue weighted by Crippen LogP contribution is 2.26. The van der Waals surface area contributed by atoms with Crippen molar-refractivity contribution in [1.82, 2.24) is 14.8 Å². The third-order valence-electron chi connectivity index (χ3n) is 4.52. The summed E-state index contributed by atoms with van der Waals surface area (Å²) in [5.74, 6) is 0.547. The van der Waals surface area contributed by atoms with Crippen LogP contribution in [-0.2, 0) is 6.54 Å². The average molecular weight is 404 g/mol. The van der Waals surface area contributed by atoms with E-state index in [1.165, 1.54) is 12.1 Å². The standard InChI is InChI=1S/C19H18ClN3O3S/c20-13-3-4-16(24)15(10-13)19(25)23-7-5-22(6-8-23)11-14-12-27-18(21-14)17-2-1-9-26-17/h1-4,9-10,12,24H,5-8,11H2. The number of furan rings is 1. The van der Waals surface area contributed by atoms with Gasteiger partial charge in [0.25, 0.3) is 5.91 Å². The Morgan fingerprint density at radius 1 is 1.26 bits per heavy atom. The molecule has 27 heavy (non-hydrogen) atoms. The van der Waals surface area contributed by atoms with Crippen molar-refractivity contribution < 1.29 is 14.3 Å². The topological polar surface area (TPSA) is 69.8 Å². The van der Waals surface area contributed by atoms with Crippen LogP contribution in [0.15, 0.2) is 46.4 Å². The number of carbonyl (C=O) groups is 1. The number of piperazine rings is 1. The van der Waals surface area contributed by atoms with Crippen molar-refractivity contribution >= 4 is 28.8 Å². The summed E-state index contributed by atoms with van der Waals surface area (Å²) in [6, 6.07) is 8.28. The number of phenolic OH excluding ortho intramolecular Hbond substituents is 1. The summed E-state index contributed by atoms with van der Waals surface area (Å²) in [6.45, 7) is 3.43. The van der Waals surface area contributed by atoms with Gasteiger partial charge in [0.2, 0.25) is 0 Å². The summed E-state index contributed by atoms with van der Waals surface area (Å²) in [4.78, 5) is 21.3. The Labute approximate surface area is 165 Å². The molecule has 2 aromatic heterocycles. The highest BCUT2D eigenvalue weighted by Gasteiger charge is 2.24. The van der Waals surface area contributed by atoms with Crippen LogP contribution in [-0.4, -0.2) is 52.0 Å². The first-order valence-electron chi connectivity index (χ1n) is 8.58. The number of carbonyl (C=O) groups excluding carboxylic acids is 1. The fourth-order valence-corrected chi connectivity index (χ4v) is 4.03. The van der Waals surface area contributed by atoms with Gasteiger partial charge in [-0.1, -0.05) is 11.6 Å². The molecular formula is C19H18ClN3O3S. The second-order valence-corrected chi connectivity index (χ2v) is 7.65. The number of amides is 1. The number of hydrogen-bond acceptors (Lipinski definition) is 6. The number of aromatic hydroxyl groups is 1. The molecule has 1 saturated heterocycles. The van der Waals surface area contributed by atoms with Crippen LogP contribution in [0.25, 0.3) is 10.8 Å². The summed E-state index contributed by atoms with van der Waals surface area (Å²) in [5.41, 5.74) is 1.25. The van der Waals surface area contributed by atoms with Crippen LogP contribution >= 0.6 is 22.9 Å². The van der Waals surface area contributed by atoms with E-state index < -0.39 is 0 Å². The van der Waals surface area contributed by atoms with Crippen LogP contribution in [0, 0.1) is 0 Å². The smallest absolute Gasteiger partial charge is 0.257 e. The van der Waals surface area contributed by atoms with Crippen LogP contribution < -0.4 is 0 Å². The maximum atomic E-state index is 12.6. The molecule has 4 rings (SSSR count). The lowest BCUT2D eigenvalue weighted by Crippen LogP contribution is -2.48. The van der Waals surface area contributed by atoms with Gasteiger partial charge in [-0.2, -0.15) is 0 Å². The van der Waals surface area contributed by atoms with Gasteiger partial charge in [-0.25, -0.2) is 4.98 Å². The number of nitrogens with zero attached hydrogens (tertiary/aromatic N) is 3. The average Bonchev–Trinajstić information content (AvgIpc) is 3.35. The number of rotatable bonds is 4. The van der Waals surface area contributed by atoms with Gasteiger partial charge < -0.3 is 14.4 Å². The van der Waals surface area contributed by atoms with E-state index >= 15 is 0 Å². The second kappa shape index (κ2) is 7.72. The van der Waals surface area contributed by atoms with Crippen molar-refractivity contribution in [2.75, 3.05) is 26.2 Å². The van der Waals surface area contributed by atoms with Gasteiger partial charge in [0.15, 0.2) is 10.8 Å². The number of phenols is 1. The third-order valence-corrected chi connectivity index (χ3v) is 5.66. The molecule has 1 fully saturated rings. The zero-order chi connectivity index (χ0) is 18.8. The highest BCUT2D eigenvalue weighted by molar-refractivity contribution is 7.13. The van der Waals surface area contributed by atoms with Gasteiger partial charge >= 0.3 is 0 Å². The Morgan fingerprint density at radius 3 is 2.81 bits per heavy atom. The largest absolute Gasteiger partial charge is 0.507 e. The monoisotopic (exact) mass is 403 g/mol. The van der Waals surface area contributed by atoms with E-state index in [4.69, 9.17) is 16.0 Å². The number of hydrogen-bond donors (Lipinski definition) is 1. The molecule has 140 valence electrons. The summed E-state index contributed by atoms with van der Waals surface area (Å²) < 4.78 is 5.38. The first-order chi connectivity index (χ1) is 13.1. The van der Waals surface area contributed by atoms with Crippen LogP contribution in [0.1, 0.15) is 16.1 Å². The summed E-state index contributed by atoms with van der Waals surface area (Å²) in [7, 11) is 0. The quantitative estimate of drug-likeness (QED) is 0.718. The lowest BCUT2D eigenvalue weighted by molar-refractivity contribution is 0.0624. The Morgan fingerprint density at radius 2 is 2.07 bits per heavy atom. The molecule has 3 aromatic rings. The Bertz CT molecular complexity index is 934. The van der Waals surface area contributed by atoms with Crippen LogP contribution in [0.2, 0.25) is 5.02 Å². The van der Waals surface area contributed by atoms with Crippen molar-refractivity contribution in [3.8, 4) is 16.5 Å². The molecule has 0 bridgehead atoms. The molecule has 0 atom stereocenters. The van der Waals surface area contributed by atoms with E-state index in [-0.39, 0.29) is 17.2 Å². The maximum absolute atomic E-state index is 12.6. The fourth-order valence-electron chi connectivity index (χ4n) is 3.08. The lowest BCUT2D eigenvalue weighted by Gasteiger charge is -2.34. The molecule has 1 N–H and O–H groups in total. The molecular weight excluding hydrogens is 386 g/mol.